The Balaban J connectivity index is 1.69. The number of ether oxygens (including phenoxy) is 1. The highest BCUT2D eigenvalue weighted by atomic mass is 16.5. The fraction of sp³-hybridized carbons (Fsp3) is 0.0870. The number of nitrogens with one attached hydrogen (secondary N) is 2. The molecule has 2 amide bonds. The molecule has 2 N–H and O–H groups in total. The first kappa shape index (κ1) is 20.0. The molecule has 0 fully saturated rings. The number of methoxy groups -OCH3 is 1. The number of hydrogen-bond donors (Lipinski definition) is 2. The van der Waals surface area contributed by atoms with E-state index in [1.54, 1.807) is 36.1 Å². The van der Waals surface area contributed by atoms with Crippen molar-refractivity contribution >= 4 is 23.2 Å². The van der Waals surface area contributed by atoms with Gasteiger partial charge in [-0.2, -0.15) is 5.10 Å². The summed E-state index contributed by atoms with van der Waals surface area (Å²) in [5.74, 6) is 0.837. The number of carbonyl (C=O) groups is 2. The predicted octanol–water partition coefficient (Wildman–Crippen LogP) is 3.88. The molecule has 0 radical (unpaired) electrons. The fourth-order valence-corrected chi connectivity index (χ4v) is 3.22. The summed E-state index contributed by atoms with van der Waals surface area (Å²) >= 11 is 0. The van der Waals surface area contributed by atoms with Crippen molar-refractivity contribution in [2.75, 3.05) is 17.7 Å². The molecule has 31 heavy (non-hydrogen) atoms. The Bertz CT molecular complexity index is 1210. The molecular formula is C23H21N5O3. The number of benzene rings is 2. The molecule has 2 heterocycles. The Morgan fingerprint density at radius 1 is 0.935 bits per heavy atom. The molecule has 0 aliphatic heterocycles. The van der Waals surface area contributed by atoms with E-state index in [1.807, 2.05) is 53.4 Å². The Morgan fingerprint density at radius 3 is 2.26 bits per heavy atom. The molecule has 4 rings (SSSR count). The smallest absolute Gasteiger partial charge is 0.261 e. The van der Waals surface area contributed by atoms with Gasteiger partial charge in [-0.25, -0.2) is 4.68 Å². The van der Waals surface area contributed by atoms with Crippen molar-refractivity contribution in [3.8, 4) is 17.3 Å². The lowest BCUT2D eigenvalue weighted by Gasteiger charge is -2.12. The molecule has 0 bridgehead atoms. The lowest BCUT2D eigenvalue weighted by Crippen LogP contribution is -2.15. The molecule has 4 aromatic rings. The van der Waals surface area contributed by atoms with Gasteiger partial charge in [-0.05, 0) is 54.6 Å². The second kappa shape index (κ2) is 8.58. The van der Waals surface area contributed by atoms with Gasteiger partial charge in [0.2, 0.25) is 5.91 Å². The van der Waals surface area contributed by atoms with Crippen LogP contribution in [0.4, 0.5) is 11.4 Å². The first-order valence-electron chi connectivity index (χ1n) is 9.60. The molecular weight excluding hydrogens is 394 g/mol. The number of aromatic nitrogens is 3. The molecule has 8 nitrogen and oxygen atoms in total. The van der Waals surface area contributed by atoms with Gasteiger partial charge in [-0.1, -0.05) is 6.07 Å². The van der Waals surface area contributed by atoms with E-state index < -0.39 is 0 Å². The number of anilines is 2. The lowest BCUT2D eigenvalue weighted by molar-refractivity contribution is -0.114. The molecule has 0 aliphatic carbocycles. The minimum atomic E-state index is -0.316. The van der Waals surface area contributed by atoms with Crippen molar-refractivity contribution in [3.05, 3.63) is 84.8 Å². The molecule has 0 atom stereocenters. The maximum atomic E-state index is 13.1. The van der Waals surface area contributed by atoms with Crippen LogP contribution in [0.25, 0.3) is 11.5 Å². The highest BCUT2D eigenvalue weighted by Gasteiger charge is 2.20. The summed E-state index contributed by atoms with van der Waals surface area (Å²) in [6.07, 6.45) is 5.24. The largest absolute Gasteiger partial charge is 0.497 e. The van der Waals surface area contributed by atoms with E-state index in [9.17, 15) is 9.59 Å². The van der Waals surface area contributed by atoms with Crippen molar-refractivity contribution < 1.29 is 14.3 Å². The SMILES string of the molecule is COc1ccc(-n2ncc(C(=O)Nc3cccc(NC(C)=O)c3)c2-n2cccc2)cc1. The highest BCUT2D eigenvalue weighted by Crippen LogP contribution is 2.23. The molecule has 0 spiro atoms. The maximum Gasteiger partial charge on any atom is 0.261 e. The van der Waals surface area contributed by atoms with Gasteiger partial charge in [0.05, 0.1) is 19.0 Å². The van der Waals surface area contributed by atoms with E-state index in [0.29, 0.717) is 22.8 Å². The van der Waals surface area contributed by atoms with Gasteiger partial charge >= 0.3 is 0 Å². The number of carbonyl (C=O) groups excluding carboxylic acids is 2. The van der Waals surface area contributed by atoms with E-state index >= 15 is 0 Å². The van der Waals surface area contributed by atoms with Crippen LogP contribution in [0.1, 0.15) is 17.3 Å². The predicted molar refractivity (Wildman–Crippen MR) is 118 cm³/mol. The van der Waals surface area contributed by atoms with Gasteiger partial charge in [-0.15, -0.1) is 0 Å². The van der Waals surface area contributed by atoms with Crippen molar-refractivity contribution in [2.45, 2.75) is 6.92 Å². The van der Waals surface area contributed by atoms with E-state index in [2.05, 4.69) is 15.7 Å². The van der Waals surface area contributed by atoms with Crippen LogP contribution < -0.4 is 15.4 Å². The van der Waals surface area contributed by atoms with E-state index in [4.69, 9.17) is 4.74 Å². The summed E-state index contributed by atoms with van der Waals surface area (Å²) in [7, 11) is 1.61. The normalized spacial score (nSPS) is 10.5. The summed E-state index contributed by atoms with van der Waals surface area (Å²) in [5, 5.41) is 10.0. The van der Waals surface area contributed by atoms with Gasteiger partial charge in [0.1, 0.15) is 11.3 Å². The average Bonchev–Trinajstić information content (AvgIpc) is 3.43. The van der Waals surface area contributed by atoms with Crippen LogP contribution in [0.5, 0.6) is 5.75 Å². The third-order valence-corrected chi connectivity index (χ3v) is 4.60. The summed E-state index contributed by atoms with van der Waals surface area (Å²) in [6, 6.07) is 18.1. The lowest BCUT2D eigenvalue weighted by atomic mass is 10.2. The maximum absolute atomic E-state index is 13.1. The topological polar surface area (TPSA) is 90.2 Å². The van der Waals surface area contributed by atoms with Gasteiger partial charge in [0.25, 0.3) is 5.91 Å². The molecule has 0 saturated heterocycles. The zero-order chi connectivity index (χ0) is 21.8. The van der Waals surface area contributed by atoms with E-state index in [0.717, 1.165) is 11.4 Å². The van der Waals surface area contributed by atoms with Crippen LogP contribution in [-0.4, -0.2) is 33.3 Å². The number of rotatable bonds is 6. The Hall–Kier alpha value is -4.33. The zero-order valence-electron chi connectivity index (χ0n) is 17.1. The van der Waals surface area contributed by atoms with E-state index in [1.165, 1.54) is 13.1 Å². The van der Waals surface area contributed by atoms with Crippen LogP contribution in [0, 0.1) is 0 Å². The third kappa shape index (κ3) is 4.32. The molecule has 156 valence electrons. The minimum absolute atomic E-state index is 0.181. The zero-order valence-corrected chi connectivity index (χ0v) is 17.1. The van der Waals surface area contributed by atoms with E-state index in [-0.39, 0.29) is 11.8 Å². The molecule has 2 aromatic heterocycles. The number of hydrogen-bond acceptors (Lipinski definition) is 4. The minimum Gasteiger partial charge on any atom is -0.497 e. The van der Waals surface area contributed by atoms with Crippen molar-refractivity contribution in [2.24, 2.45) is 0 Å². The number of amides is 2. The van der Waals surface area contributed by atoms with Crippen LogP contribution >= 0.6 is 0 Å². The summed E-state index contributed by atoms with van der Waals surface area (Å²) < 4.78 is 8.76. The van der Waals surface area contributed by atoms with Crippen molar-refractivity contribution in [1.29, 1.82) is 0 Å². The third-order valence-electron chi connectivity index (χ3n) is 4.60. The van der Waals surface area contributed by atoms with Crippen LogP contribution in [0.3, 0.4) is 0 Å². The monoisotopic (exact) mass is 415 g/mol. The first-order valence-corrected chi connectivity index (χ1v) is 9.60. The molecule has 0 unspecified atom stereocenters. The second-order valence-corrected chi connectivity index (χ2v) is 6.80. The van der Waals surface area contributed by atoms with Gasteiger partial charge in [0.15, 0.2) is 5.82 Å². The summed E-state index contributed by atoms with van der Waals surface area (Å²) in [4.78, 5) is 24.4. The molecule has 2 aromatic carbocycles. The quantitative estimate of drug-likeness (QED) is 0.500. The Morgan fingerprint density at radius 2 is 1.61 bits per heavy atom. The average molecular weight is 415 g/mol. The van der Waals surface area contributed by atoms with Gasteiger partial charge in [0, 0.05) is 30.7 Å². The van der Waals surface area contributed by atoms with Crippen LogP contribution in [0.2, 0.25) is 0 Å². The standard InChI is InChI=1S/C23H21N5O3/c1-16(29)25-17-6-5-7-18(14-17)26-22(30)21-15-24-28(23(21)27-12-3-4-13-27)19-8-10-20(31-2)11-9-19/h3-15H,1-2H3,(H,25,29)(H,26,30). The van der Waals surface area contributed by atoms with Crippen LogP contribution in [0.15, 0.2) is 79.3 Å². The molecule has 8 heteroatoms. The Labute approximate surface area is 179 Å². The van der Waals surface area contributed by atoms with Gasteiger partial charge in [-0.3, -0.25) is 9.59 Å². The number of nitrogens with zero attached hydrogens (tertiary/aromatic N) is 3. The second-order valence-electron chi connectivity index (χ2n) is 6.80. The summed E-state index contributed by atoms with van der Waals surface area (Å²) in [6.45, 7) is 1.43. The molecule has 0 aliphatic rings. The molecule has 0 saturated carbocycles. The van der Waals surface area contributed by atoms with Crippen molar-refractivity contribution in [3.63, 3.8) is 0 Å². The van der Waals surface area contributed by atoms with Crippen molar-refractivity contribution in [1.82, 2.24) is 14.3 Å². The Kier molecular flexibility index (Phi) is 5.53. The summed E-state index contributed by atoms with van der Waals surface area (Å²) in [5.41, 5.74) is 2.35. The van der Waals surface area contributed by atoms with Crippen LogP contribution in [-0.2, 0) is 4.79 Å². The highest BCUT2D eigenvalue weighted by molar-refractivity contribution is 6.06. The first-order chi connectivity index (χ1) is 15.0. The van der Waals surface area contributed by atoms with Gasteiger partial charge < -0.3 is 19.9 Å². The fourth-order valence-electron chi connectivity index (χ4n) is 3.22.